The number of amides is 3. The molecule has 2 aliphatic carbocycles. The number of aryl methyl sites for hydroxylation is 2. The Hall–Kier alpha value is -5.62. The van der Waals surface area contributed by atoms with Crippen molar-refractivity contribution < 1.29 is 23.3 Å². The lowest BCUT2D eigenvalue weighted by atomic mass is 9.78. The van der Waals surface area contributed by atoms with Crippen LogP contribution >= 0.6 is 0 Å². The molecule has 2 atom stereocenters. The molecule has 0 saturated heterocycles. The molecule has 0 bridgehead atoms. The molecule has 8 rings (SSSR count). The van der Waals surface area contributed by atoms with E-state index in [-0.39, 0.29) is 30.0 Å². The summed E-state index contributed by atoms with van der Waals surface area (Å²) in [6.45, 7) is 5.93. The summed E-state index contributed by atoms with van der Waals surface area (Å²) in [4.78, 5) is 29.4. The SMILES string of the molecule is CN(C(=O)OC(C)(C)C)C1CCOc2c(S(=O)(=NC(c3ccccc3)(c3ccccc3)c3ccccc3)NC(=O)Nc3c4c(cc5c3CCC5)CCC4)cnn2C1. The van der Waals surface area contributed by atoms with Crippen LogP contribution < -0.4 is 14.8 Å². The number of hydrogen-bond donors (Lipinski definition) is 2. The molecule has 2 unspecified atom stereocenters. The smallest absolute Gasteiger partial charge is 0.410 e. The van der Waals surface area contributed by atoms with Gasteiger partial charge in [-0.25, -0.2) is 23.2 Å². The van der Waals surface area contributed by atoms with Crippen LogP contribution in [0, 0.1) is 0 Å². The first kappa shape index (κ1) is 38.3. The van der Waals surface area contributed by atoms with Crippen molar-refractivity contribution in [3.05, 3.63) is 142 Å². The van der Waals surface area contributed by atoms with E-state index in [2.05, 4.69) is 21.2 Å². The number of urea groups is 1. The maximum absolute atomic E-state index is 16.4. The summed E-state index contributed by atoms with van der Waals surface area (Å²) in [5.74, 6) is 0.216. The highest BCUT2D eigenvalue weighted by atomic mass is 32.2. The topological polar surface area (TPSA) is 127 Å². The normalized spacial score (nSPS) is 17.2. The minimum Gasteiger partial charge on any atom is -0.477 e. The van der Waals surface area contributed by atoms with Crippen LogP contribution in [0.3, 0.4) is 0 Å². The van der Waals surface area contributed by atoms with Gasteiger partial charge in [0.25, 0.3) is 0 Å². The van der Waals surface area contributed by atoms with Gasteiger partial charge in [-0.15, -0.1) is 0 Å². The van der Waals surface area contributed by atoms with Gasteiger partial charge in [0.1, 0.15) is 16.0 Å². The van der Waals surface area contributed by atoms with Crippen molar-refractivity contribution in [2.45, 2.75) is 94.3 Å². The van der Waals surface area contributed by atoms with Gasteiger partial charge in [0, 0.05) is 19.2 Å². The van der Waals surface area contributed by atoms with Gasteiger partial charge in [-0.3, -0.25) is 0 Å². The third-order valence-electron chi connectivity index (χ3n) is 11.1. The van der Waals surface area contributed by atoms with E-state index in [0.717, 1.165) is 72.0 Å². The Bertz CT molecular complexity index is 2270. The molecule has 296 valence electrons. The summed E-state index contributed by atoms with van der Waals surface area (Å²) in [6, 6.07) is 30.5. The van der Waals surface area contributed by atoms with E-state index in [0.29, 0.717) is 6.42 Å². The van der Waals surface area contributed by atoms with Crippen LogP contribution in [0.2, 0.25) is 0 Å². The lowest BCUT2D eigenvalue weighted by Gasteiger charge is -2.33. The van der Waals surface area contributed by atoms with Crippen molar-refractivity contribution in [2.24, 2.45) is 4.36 Å². The third kappa shape index (κ3) is 7.50. The van der Waals surface area contributed by atoms with E-state index in [4.69, 9.17) is 13.8 Å². The fourth-order valence-electron chi connectivity index (χ4n) is 8.45. The highest BCUT2D eigenvalue weighted by molar-refractivity contribution is 7.92. The van der Waals surface area contributed by atoms with Gasteiger partial charge in [-0.05, 0) is 98.2 Å². The summed E-state index contributed by atoms with van der Waals surface area (Å²) in [5.41, 5.74) is 5.94. The summed E-state index contributed by atoms with van der Waals surface area (Å²) in [6.07, 6.45) is 7.24. The lowest BCUT2D eigenvalue weighted by molar-refractivity contribution is 0.0197. The average Bonchev–Trinajstić information content (AvgIpc) is 3.95. The fourth-order valence-corrected chi connectivity index (χ4v) is 10.3. The number of hydrogen-bond acceptors (Lipinski definition) is 7. The van der Waals surface area contributed by atoms with Crippen molar-refractivity contribution in [1.82, 2.24) is 19.4 Å². The van der Waals surface area contributed by atoms with Gasteiger partial charge in [-0.2, -0.15) is 9.46 Å². The molecule has 57 heavy (non-hydrogen) atoms. The Balaban J connectivity index is 1.29. The number of carbonyl (C=O) groups excluding carboxylic acids is 2. The molecule has 2 heterocycles. The number of fused-ring (bicyclic) bond motifs is 3. The molecule has 3 amide bonds. The van der Waals surface area contributed by atoms with Crippen LogP contribution in [0.1, 0.15) is 79.0 Å². The molecular formula is C45H50N6O5S. The monoisotopic (exact) mass is 786 g/mol. The first-order chi connectivity index (χ1) is 27.4. The van der Waals surface area contributed by atoms with Crippen molar-refractivity contribution in [3.63, 3.8) is 0 Å². The highest BCUT2D eigenvalue weighted by Gasteiger charge is 2.41. The van der Waals surface area contributed by atoms with E-state index in [1.54, 1.807) is 16.6 Å². The van der Waals surface area contributed by atoms with Crippen LogP contribution in [0.15, 0.2) is 113 Å². The molecule has 5 aromatic rings. The Kier molecular flexibility index (Phi) is 10.3. The molecule has 1 aliphatic heterocycles. The zero-order chi connectivity index (χ0) is 39.8. The number of benzene rings is 4. The molecule has 0 spiro atoms. The van der Waals surface area contributed by atoms with Crippen LogP contribution in [-0.2, 0) is 52.4 Å². The van der Waals surface area contributed by atoms with Crippen LogP contribution in [0.4, 0.5) is 15.3 Å². The minimum atomic E-state index is -3.96. The van der Waals surface area contributed by atoms with Crippen LogP contribution in [-0.4, -0.2) is 56.3 Å². The van der Waals surface area contributed by atoms with Crippen molar-refractivity contribution >= 4 is 27.7 Å². The molecule has 0 radical (unpaired) electrons. The number of rotatable bonds is 8. The fraction of sp³-hybridized carbons (Fsp3) is 0.356. The van der Waals surface area contributed by atoms with Gasteiger partial charge in [0.05, 0.1) is 25.4 Å². The van der Waals surface area contributed by atoms with E-state index in [9.17, 15) is 9.59 Å². The average molecular weight is 787 g/mol. The number of carbonyl (C=O) groups is 2. The maximum atomic E-state index is 16.4. The second-order valence-corrected chi connectivity index (χ2v) is 18.0. The molecule has 1 aromatic heterocycles. The molecule has 4 aromatic carbocycles. The zero-order valence-corrected chi connectivity index (χ0v) is 33.8. The predicted octanol–water partition coefficient (Wildman–Crippen LogP) is 8.43. The lowest BCUT2D eigenvalue weighted by Crippen LogP contribution is -2.42. The number of likely N-dealkylation sites (N-methyl/N-ethyl adjacent to an activating group) is 1. The van der Waals surface area contributed by atoms with Gasteiger partial charge in [0.15, 0.2) is 9.92 Å². The van der Waals surface area contributed by atoms with Crippen molar-refractivity contribution in [3.8, 4) is 5.88 Å². The second kappa shape index (κ2) is 15.4. The standard InChI is InChI=1S/C45H50N6O5S/c1-44(2,3)56-43(53)50(4)36-26-27-55-41-39(29-46-51(41)30-36)57(54,48-42(52)47-40-37-24-14-16-31(37)28-32-17-15-25-38(32)40)49-45(33-18-8-5-9-19-33,34-20-10-6-11-21-34)35-22-12-7-13-23-35/h5-13,18-23,28-29,36H,14-17,24-27,30H2,1-4H3,(H2,47,48,49,52,54). The molecule has 0 saturated carbocycles. The minimum absolute atomic E-state index is 0.133. The van der Waals surface area contributed by atoms with Gasteiger partial charge < -0.3 is 19.7 Å². The Morgan fingerprint density at radius 2 is 1.40 bits per heavy atom. The zero-order valence-electron chi connectivity index (χ0n) is 33.0. The van der Waals surface area contributed by atoms with E-state index >= 15 is 4.21 Å². The van der Waals surface area contributed by atoms with Crippen molar-refractivity contribution in [2.75, 3.05) is 19.0 Å². The highest BCUT2D eigenvalue weighted by Crippen LogP contribution is 2.44. The summed E-state index contributed by atoms with van der Waals surface area (Å²) in [7, 11) is -2.26. The van der Waals surface area contributed by atoms with E-state index in [1.165, 1.54) is 17.3 Å². The summed E-state index contributed by atoms with van der Waals surface area (Å²) >= 11 is 0. The largest absolute Gasteiger partial charge is 0.477 e. The second-order valence-electron chi connectivity index (χ2n) is 16.1. The Labute approximate surface area is 335 Å². The number of anilines is 1. The Morgan fingerprint density at radius 1 is 0.860 bits per heavy atom. The molecule has 12 heteroatoms. The molecule has 2 N–H and O–H groups in total. The van der Waals surface area contributed by atoms with Crippen molar-refractivity contribution in [1.29, 1.82) is 0 Å². The molecule has 11 nitrogen and oxygen atoms in total. The first-order valence-electron chi connectivity index (χ1n) is 19.8. The number of nitrogens with one attached hydrogen (secondary N) is 2. The Morgan fingerprint density at radius 3 is 1.93 bits per heavy atom. The molecule has 0 fully saturated rings. The van der Waals surface area contributed by atoms with Gasteiger partial charge in [0.2, 0.25) is 5.88 Å². The summed E-state index contributed by atoms with van der Waals surface area (Å²) in [5, 5.41) is 7.88. The predicted molar refractivity (Wildman–Crippen MR) is 221 cm³/mol. The van der Waals surface area contributed by atoms with Gasteiger partial charge >= 0.3 is 12.1 Å². The summed E-state index contributed by atoms with van der Waals surface area (Å²) < 4.78 is 38.4. The molecular weight excluding hydrogens is 737 g/mol. The van der Waals surface area contributed by atoms with E-state index in [1.807, 2.05) is 112 Å². The van der Waals surface area contributed by atoms with E-state index < -0.39 is 33.2 Å². The third-order valence-corrected chi connectivity index (χ3v) is 13.0. The van der Waals surface area contributed by atoms with Crippen LogP contribution in [0.5, 0.6) is 5.88 Å². The first-order valence-corrected chi connectivity index (χ1v) is 21.3. The van der Waals surface area contributed by atoms with Crippen LogP contribution in [0.25, 0.3) is 0 Å². The molecule has 3 aliphatic rings. The maximum Gasteiger partial charge on any atom is 0.410 e. The number of aromatic nitrogens is 2. The number of nitrogens with zero attached hydrogens (tertiary/aromatic N) is 4. The quantitative estimate of drug-likeness (QED) is 0.152. The number of ether oxygens (including phenoxy) is 2. The van der Waals surface area contributed by atoms with Gasteiger partial charge in [-0.1, -0.05) is 97.1 Å².